The molecule has 4 N–H and O–H groups in total. The quantitative estimate of drug-likeness (QED) is 0.280. The molecule has 2 amide bonds. The Bertz CT molecular complexity index is 167. The van der Waals surface area contributed by atoms with Gasteiger partial charge in [-0.3, -0.25) is 10.2 Å². The predicted molar refractivity (Wildman–Crippen MR) is 40.5 cm³/mol. The molecular weight excluding hydrogens is 146 g/mol. The first-order valence-corrected chi connectivity index (χ1v) is 3.10. The molecule has 0 heterocycles. The van der Waals surface area contributed by atoms with Crippen LogP contribution in [0.5, 0.6) is 0 Å². The number of amides is 2. The van der Waals surface area contributed by atoms with Crippen molar-refractivity contribution in [3.8, 4) is 0 Å². The van der Waals surface area contributed by atoms with E-state index in [9.17, 15) is 9.59 Å². The largest absolute Gasteiger partial charge is 0.351 e. The van der Waals surface area contributed by atoms with E-state index in [0.717, 1.165) is 0 Å². The van der Waals surface area contributed by atoms with Crippen LogP contribution in [-0.2, 0) is 4.79 Å². The monoisotopic (exact) mass is 157 g/mol. The fourth-order valence-corrected chi connectivity index (χ4v) is 0.437. The van der Waals surface area contributed by atoms with Gasteiger partial charge in [0.1, 0.15) is 0 Å². The summed E-state index contributed by atoms with van der Waals surface area (Å²) in [4.78, 5) is 20.6. The molecule has 0 aliphatic carbocycles. The van der Waals surface area contributed by atoms with Crippen LogP contribution in [0.25, 0.3) is 0 Å². The molecule has 0 rings (SSSR count). The minimum absolute atomic E-state index is 0.0798. The second-order valence-electron chi connectivity index (χ2n) is 1.84. The van der Waals surface area contributed by atoms with E-state index in [1.165, 1.54) is 6.08 Å². The summed E-state index contributed by atoms with van der Waals surface area (Å²) in [7, 11) is 0. The van der Waals surface area contributed by atoms with E-state index < -0.39 is 6.03 Å². The Balaban J connectivity index is 3.21. The Morgan fingerprint density at radius 2 is 2.18 bits per heavy atom. The molecule has 5 heteroatoms. The van der Waals surface area contributed by atoms with Gasteiger partial charge in [0, 0.05) is 13.0 Å². The van der Waals surface area contributed by atoms with Gasteiger partial charge in [-0.2, -0.15) is 0 Å². The second-order valence-corrected chi connectivity index (χ2v) is 1.84. The van der Waals surface area contributed by atoms with Crippen molar-refractivity contribution in [2.75, 3.05) is 6.54 Å². The molecular formula is C6H11N3O2. The Kier molecular flexibility index (Phi) is 4.76. The molecule has 0 fully saturated rings. The van der Waals surface area contributed by atoms with Crippen molar-refractivity contribution in [2.24, 2.45) is 5.73 Å². The number of primary amides is 1. The highest BCUT2D eigenvalue weighted by atomic mass is 16.2. The predicted octanol–water partition coefficient (Wildman–Crippen LogP) is -0.696. The van der Waals surface area contributed by atoms with Crippen LogP contribution in [0.3, 0.4) is 0 Å². The van der Waals surface area contributed by atoms with Crippen molar-refractivity contribution in [2.45, 2.75) is 6.42 Å². The molecule has 0 aromatic carbocycles. The minimum Gasteiger partial charge on any atom is -0.351 e. The summed E-state index contributed by atoms with van der Waals surface area (Å²) in [5.41, 5.74) is 9.31. The van der Waals surface area contributed by atoms with Gasteiger partial charge in [0.15, 0.2) is 5.78 Å². The van der Waals surface area contributed by atoms with Crippen molar-refractivity contribution in [1.29, 1.82) is 0 Å². The van der Waals surface area contributed by atoms with Crippen molar-refractivity contribution in [3.63, 3.8) is 0 Å². The van der Waals surface area contributed by atoms with E-state index in [4.69, 9.17) is 5.73 Å². The number of hydrogen-bond donors (Lipinski definition) is 3. The molecule has 0 saturated carbocycles. The highest BCUT2D eigenvalue weighted by molar-refractivity contribution is 5.89. The topological polar surface area (TPSA) is 84.2 Å². The minimum atomic E-state index is -0.670. The molecule has 0 aromatic rings. The molecule has 0 bridgehead atoms. The lowest BCUT2D eigenvalue weighted by molar-refractivity contribution is -0.114. The Labute approximate surface area is 64.6 Å². The number of carbonyl (C=O) groups is 2. The lowest BCUT2D eigenvalue weighted by Gasteiger charge is -2.01. The summed E-state index contributed by atoms with van der Waals surface area (Å²) in [5.74, 6) is -0.0798. The molecule has 11 heavy (non-hydrogen) atoms. The van der Waals surface area contributed by atoms with E-state index in [2.05, 4.69) is 17.4 Å². The van der Waals surface area contributed by atoms with E-state index in [0.29, 0.717) is 13.0 Å². The van der Waals surface area contributed by atoms with E-state index in [1.807, 2.05) is 0 Å². The van der Waals surface area contributed by atoms with Crippen LogP contribution >= 0.6 is 0 Å². The molecule has 0 saturated heterocycles. The number of nitrogens with one attached hydrogen (secondary N) is 2. The van der Waals surface area contributed by atoms with Gasteiger partial charge in [0.25, 0.3) is 0 Å². The van der Waals surface area contributed by atoms with Gasteiger partial charge < -0.3 is 5.73 Å². The zero-order chi connectivity index (χ0) is 8.69. The Hall–Kier alpha value is -1.36. The summed E-state index contributed by atoms with van der Waals surface area (Å²) in [6.07, 6.45) is 1.52. The zero-order valence-electron chi connectivity index (χ0n) is 6.09. The number of rotatable bonds is 5. The van der Waals surface area contributed by atoms with E-state index in [-0.39, 0.29) is 5.78 Å². The molecule has 0 aliphatic rings. The maximum absolute atomic E-state index is 10.6. The van der Waals surface area contributed by atoms with Crippen molar-refractivity contribution < 1.29 is 9.59 Å². The first kappa shape index (κ1) is 9.64. The standard InChI is InChI=1S/C6H11N3O2/c1-2-5(10)3-4-8-9-6(7)11/h2,8H,1,3-4H2,(H3,7,9,11). The zero-order valence-corrected chi connectivity index (χ0v) is 6.09. The maximum atomic E-state index is 10.6. The van der Waals surface area contributed by atoms with Crippen LogP contribution in [0.4, 0.5) is 4.79 Å². The smallest absolute Gasteiger partial charge is 0.326 e. The van der Waals surface area contributed by atoms with Gasteiger partial charge in [-0.05, 0) is 6.08 Å². The maximum Gasteiger partial charge on any atom is 0.326 e. The summed E-state index contributed by atoms with van der Waals surface area (Å²) in [5, 5.41) is 0. The highest BCUT2D eigenvalue weighted by Gasteiger charge is 1.94. The highest BCUT2D eigenvalue weighted by Crippen LogP contribution is 1.79. The first-order chi connectivity index (χ1) is 5.16. The van der Waals surface area contributed by atoms with Crippen LogP contribution in [-0.4, -0.2) is 18.4 Å². The molecule has 5 nitrogen and oxygen atoms in total. The molecule has 62 valence electrons. The second kappa shape index (κ2) is 5.43. The van der Waals surface area contributed by atoms with Crippen LogP contribution in [0, 0.1) is 0 Å². The number of ketones is 1. The third-order valence-corrected chi connectivity index (χ3v) is 0.936. The Morgan fingerprint density at radius 3 is 2.64 bits per heavy atom. The third kappa shape index (κ3) is 6.53. The average molecular weight is 157 g/mol. The lowest BCUT2D eigenvalue weighted by atomic mass is 10.3. The number of hydrazine groups is 1. The van der Waals surface area contributed by atoms with Crippen LogP contribution in [0.1, 0.15) is 6.42 Å². The normalized spacial score (nSPS) is 8.73. The number of urea groups is 1. The van der Waals surface area contributed by atoms with E-state index >= 15 is 0 Å². The fraction of sp³-hybridized carbons (Fsp3) is 0.333. The number of carbonyl (C=O) groups excluding carboxylic acids is 2. The van der Waals surface area contributed by atoms with Gasteiger partial charge in [-0.25, -0.2) is 10.2 Å². The van der Waals surface area contributed by atoms with Gasteiger partial charge in [0.2, 0.25) is 0 Å². The van der Waals surface area contributed by atoms with E-state index in [1.54, 1.807) is 0 Å². The molecule has 0 aliphatic heterocycles. The van der Waals surface area contributed by atoms with Crippen LogP contribution in [0.2, 0.25) is 0 Å². The molecule has 0 unspecified atom stereocenters. The summed E-state index contributed by atoms with van der Waals surface area (Å²) in [6.45, 7) is 3.64. The van der Waals surface area contributed by atoms with Crippen LogP contribution < -0.4 is 16.6 Å². The van der Waals surface area contributed by atoms with Gasteiger partial charge in [-0.1, -0.05) is 6.58 Å². The summed E-state index contributed by atoms with van der Waals surface area (Å²) in [6, 6.07) is -0.670. The molecule has 0 aromatic heterocycles. The van der Waals surface area contributed by atoms with Crippen molar-refractivity contribution >= 4 is 11.8 Å². The lowest BCUT2D eigenvalue weighted by Crippen LogP contribution is -2.41. The SMILES string of the molecule is C=CC(=O)CCNNC(N)=O. The van der Waals surface area contributed by atoms with Crippen molar-refractivity contribution in [3.05, 3.63) is 12.7 Å². The number of allylic oxidation sites excluding steroid dienone is 1. The third-order valence-electron chi connectivity index (χ3n) is 0.936. The van der Waals surface area contributed by atoms with Gasteiger partial charge in [0.05, 0.1) is 0 Å². The number of hydrogen-bond acceptors (Lipinski definition) is 3. The van der Waals surface area contributed by atoms with Crippen molar-refractivity contribution in [1.82, 2.24) is 10.9 Å². The average Bonchev–Trinajstić information content (AvgIpc) is 1.97. The molecule has 0 spiro atoms. The fourth-order valence-electron chi connectivity index (χ4n) is 0.437. The summed E-state index contributed by atoms with van der Waals surface area (Å²) >= 11 is 0. The Morgan fingerprint density at radius 1 is 1.55 bits per heavy atom. The number of nitrogens with two attached hydrogens (primary N) is 1. The summed E-state index contributed by atoms with van der Waals surface area (Å²) < 4.78 is 0. The first-order valence-electron chi connectivity index (χ1n) is 3.10. The van der Waals surface area contributed by atoms with Gasteiger partial charge >= 0.3 is 6.03 Å². The molecule has 0 atom stereocenters. The molecule has 0 radical (unpaired) electrons. The van der Waals surface area contributed by atoms with Gasteiger partial charge in [-0.15, -0.1) is 0 Å². The van der Waals surface area contributed by atoms with Crippen LogP contribution in [0.15, 0.2) is 12.7 Å².